The molecule has 0 saturated carbocycles. The van der Waals surface area contributed by atoms with Crippen LogP contribution < -0.4 is 10.0 Å². The first-order valence-corrected chi connectivity index (χ1v) is 12.3. The fourth-order valence-electron chi connectivity index (χ4n) is 3.01. The van der Waals surface area contributed by atoms with Gasteiger partial charge in [0.05, 0.1) is 10.6 Å². The smallest absolute Gasteiger partial charge is 0.261 e. The van der Waals surface area contributed by atoms with Gasteiger partial charge in [0.15, 0.2) is 0 Å². The van der Waals surface area contributed by atoms with Crippen LogP contribution in [0.25, 0.3) is 20.9 Å². The molecule has 1 amide bonds. The highest BCUT2D eigenvalue weighted by Gasteiger charge is 2.17. The molecule has 0 spiro atoms. The van der Waals surface area contributed by atoms with E-state index >= 15 is 0 Å². The number of amides is 1. The number of pyridine rings is 1. The minimum Gasteiger partial charge on any atom is -0.326 e. The maximum atomic E-state index is 12.9. The zero-order valence-corrected chi connectivity index (χ0v) is 19.4. The maximum Gasteiger partial charge on any atom is 0.261 e. The Balaban J connectivity index is 1.53. The minimum absolute atomic E-state index is 0.112. The molecular weight excluding hydrogens is 444 g/mol. The molecule has 0 unspecified atom stereocenters. The van der Waals surface area contributed by atoms with Crippen molar-refractivity contribution in [2.24, 2.45) is 5.92 Å². The van der Waals surface area contributed by atoms with Gasteiger partial charge in [-0.2, -0.15) is 0 Å². The Labute approximate surface area is 190 Å². The summed E-state index contributed by atoms with van der Waals surface area (Å²) in [5, 5.41) is 3.58. The van der Waals surface area contributed by atoms with E-state index in [2.05, 4.69) is 20.0 Å². The summed E-state index contributed by atoms with van der Waals surface area (Å²) in [5.41, 5.74) is 3.56. The maximum absolute atomic E-state index is 12.9. The van der Waals surface area contributed by atoms with Crippen LogP contribution in [-0.2, 0) is 14.8 Å². The summed E-state index contributed by atoms with van der Waals surface area (Å²) >= 11 is 1.49. The van der Waals surface area contributed by atoms with Gasteiger partial charge in [0.2, 0.25) is 5.91 Å². The predicted octanol–water partition coefficient (Wildman–Crippen LogP) is 5.06. The van der Waals surface area contributed by atoms with Crippen molar-refractivity contribution < 1.29 is 13.2 Å². The van der Waals surface area contributed by atoms with Crippen LogP contribution in [0.3, 0.4) is 0 Å². The van der Waals surface area contributed by atoms with E-state index in [0.29, 0.717) is 11.4 Å². The summed E-state index contributed by atoms with van der Waals surface area (Å²) in [6, 6.07) is 15.3. The van der Waals surface area contributed by atoms with Gasteiger partial charge in [-0.1, -0.05) is 25.2 Å². The lowest BCUT2D eigenvalue weighted by molar-refractivity contribution is -0.118. The molecule has 7 nitrogen and oxygen atoms in total. The average Bonchev–Trinajstić information content (AvgIpc) is 3.19. The average molecular weight is 467 g/mol. The molecule has 4 rings (SSSR count). The number of aryl methyl sites for hydroxylation is 1. The van der Waals surface area contributed by atoms with E-state index in [-0.39, 0.29) is 16.7 Å². The zero-order chi connectivity index (χ0) is 22.9. The van der Waals surface area contributed by atoms with E-state index in [4.69, 9.17) is 0 Å². The second-order valence-electron chi connectivity index (χ2n) is 7.65. The normalized spacial score (nSPS) is 11.6. The van der Waals surface area contributed by atoms with Gasteiger partial charge in [0, 0.05) is 23.4 Å². The molecule has 2 aromatic carbocycles. The number of carbonyl (C=O) groups excluding carboxylic acids is 1. The molecule has 164 valence electrons. The molecule has 0 aliphatic rings. The molecule has 0 fully saturated rings. The van der Waals surface area contributed by atoms with Crippen molar-refractivity contribution in [1.82, 2.24) is 9.97 Å². The minimum atomic E-state index is -3.78. The molecule has 2 aromatic heterocycles. The molecule has 9 heteroatoms. The third kappa shape index (κ3) is 4.63. The first-order valence-electron chi connectivity index (χ1n) is 9.99. The molecule has 0 bridgehead atoms. The lowest BCUT2D eigenvalue weighted by Gasteiger charge is -2.12. The van der Waals surface area contributed by atoms with E-state index < -0.39 is 10.0 Å². The Bertz CT molecular complexity index is 1360. The lowest BCUT2D eigenvalue weighted by atomic mass is 10.1. The Hall–Kier alpha value is -3.30. The first-order chi connectivity index (χ1) is 15.2. The molecule has 2 heterocycles. The van der Waals surface area contributed by atoms with Crippen molar-refractivity contribution in [2.45, 2.75) is 25.7 Å². The summed E-state index contributed by atoms with van der Waals surface area (Å²) in [7, 11) is -3.78. The third-order valence-electron chi connectivity index (χ3n) is 4.84. The number of hydrogen-bond acceptors (Lipinski definition) is 6. The van der Waals surface area contributed by atoms with Crippen LogP contribution in [0.15, 0.2) is 65.7 Å². The quantitative estimate of drug-likeness (QED) is 0.413. The van der Waals surface area contributed by atoms with E-state index in [0.717, 1.165) is 26.5 Å². The van der Waals surface area contributed by atoms with Crippen molar-refractivity contribution in [1.29, 1.82) is 0 Å². The van der Waals surface area contributed by atoms with Gasteiger partial charge in [0.1, 0.15) is 15.4 Å². The Kier molecular flexibility index (Phi) is 5.94. The number of rotatable bonds is 6. The summed E-state index contributed by atoms with van der Waals surface area (Å²) < 4.78 is 28.3. The van der Waals surface area contributed by atoms with Crippen LogP contribution in [0.4, 0.5) is 11.4 Å². The molecule has 32 heavy (non-hydrogen) atoms. The number of nitrogens with one attached hydrogen (secondary N) is 2. The summed E-state index contributed by atoms with van der Waals surface area (Å²) in [5.74, 6) is -0.289. The van der Waals surface area contributed by atoms with E-state index in [1.54, 1.807) is 38.2 Å². The molecule has 0 aliphatic carbocycles. The molecule has 0 saturated heterocycles. The Morgan fingerprint density at radius 1 is 1.06 bits per heavy atom. The van der Waals surface area contributed by atoms with Gasteiger partial charge in [0.25, 0.3) is 10.0 Å². The van der Waals surface area contributed by atoms with Crippen LogP contribution in [0.1, 0.15) is 19.4 Å². The third-order valence-corrected chi connectivity index (χ3v) is 7.25. The number of thiazole rings is 1. The highest BCUT2D eigenvalue weighted by Crippen LogP contribution is 2.31. The largest absolute Gasteiger partial charge is 0.326 e. The second kappa shape index (κ2) is 8.68. The number of benzene rings is 2. The van der Waals surface area contributed by atoms with Crippen molar-refractivity contribution in [3.8, 4) is 10.6 Å². The first kappa shape index (κ1) is 21.9. The Morgan fingerprint density at radius 3 is 2.47 bits per heavy atom. The fourth-order valence-corrected chi connectivity index (χ4v) is 5.05. The molecule has 0 atom stereocenters. The Morgan fingerprint density at radius 2 is 1.81 bits per heavy atom. The second-order valence-corrected chi connectivity index (χ2v) is 10.3. The van der Waals surface area contributed by atoms with E-state index in [1.807, 2.05) is 31.2 Å². The van der Waals surface area contributed by atoms with Gasteiger partial charge in [-0.05, 0) is 67.1 Å². The van der Waals surface area contributed by atoms with Crippen LogP contribution in [0.2, 0.25) is 0 Å². The topological polar surface area (TPSA) is 101 Å². The number of nitrogens with zero attached hydrogens (tertiary/aromatic N) is 2. The van der Waals surface area contributed by atoms with E-state index in [1.165, 1.54) is 23.5 Å². The predicted molar refractivity (Wildman–Crippen MR) is 128 cm³/mol. The summed E-state index contributed by atoms with van der Waals surface area (Å²) in [6.45, 7) is 5.43. The molecule has 2 N–H and O–H groups in total. The van der Waals surface area contributed by atoms with Gasteiger partial charge in [-0.3, -0.25) is 9.52 Å². The van der Waals surface area contributed by atoms with Crippen LogP contribution in [0.5, 0.6) is 0 Å². The molecular formula is C23H22N4O3S2. The summed E-state index contributed by atoms with van der Waals surface area (Å²) in [4.78, 5) is 21.7. The fraction of sp³-hybridized carbons (Fsp3) is 0.174. The van der Waals surface area contributed by atoms with Crippen molar-refractivity contribution in [3.05, 3.63) is 66.4 Å². The highest BCUT2D eigenvalue weighted by atomic mass is 32.2. The van der Waals surface area contributed by atoms with E-state index in [9.17, 15) is 13.2 Å². The van der Waals surface area contributed by atoms with Crippen LogP contribution >= 0.6 is 11.3 Å². The zero-order valence-electron chi connectivity index (χ0n) is 17.8. The summed E-state index contributed by atoms with van der Waals surface area (Å²) in [6.07, 6.45) is 1.73. The number of sulfonamides is 1. The number of aromatic nitrogens is 2. The van der Waals surface area contributed by atoms with Gasteiger partial charge in [-0.15, -0.1) is 0 Å². The van der Waals surface area contributed by atoms with Crippen molar-refractivity contribution in [3.63, 3.8) is 0 Å². The van der Waals surface area contributed by atoms with Crippen LogP contribution in [-0.4, -0.2) is 24.3 Å². The number of fused-ring (bicyclic) bond motifs is 1. The van der Waals surface area contributed by atoms with Crippen molar-refractivity contribution >= 4 is 49.0 Å². The van der Waals surface area contributed by atoms with Gasteiger partial charge < -0.3 is 5.32 Å². The van der Waals surface area contributed by atoms with Gasteiger partial charge in [-0.25, -0.2) is 18.4 Å². The number of hydrogen-bond donors (Lipinski definition) is 2. The van der Waals surface area contributed by atoms with Crippen LogP contribution in [0, 0.1) is 12.8 Å². The monoisotopic (exact) mass is 466 g/mol. The SMILES string of the molecule is Cc1cc(-c2nc3cccnc3s2)ccc1NS(=O)(=O)c1ccc(NC(=O)C(C)C)cc1. The molecule has 0 aliphatic heterocycles. The van der Waals surface area contributed by atoms with Gasteiger partial charge >= 0.3 is 0 Å². The molecule has 0 radical (unpaired) electrons. The van der Waals surface area contributed by atoms with Crippen molar-refractivity contribution in [2.75, 3.05) is 10.0 Å². The molecule has 4 aromatic rings. The lowest BCUT2D eigenvalue weighted by Crippen LogP contribution is -2.18. The highest BCUT2D eigenvalue weighted by molar-refractivity contribution is 7.92. The number of carbonyl (C=O) groups is 1. The standard InChI is InChI=1S/C23H22N4O3S2/c1-14(2)21(28)25-17-7-9-18(10-8-17)32(29,30)27-19-11-6-16(13-15(19)3)22-26-20-5-4-12-24-23(20)31-22/h4-14,27H,1-3H3,(H,25,28). The number of anilines is 2.